The Labute approximate surface area is 117 Å². The first-order valence-electron chi connectivity index (χ1n) is 6.51. The van der Waals surface area contributed by atoms with E-state index >= 15 is 0 Å². The molecule has 0 bridgehead atoms. The highest BCUT2D eigenvalue weighted by Gasteiger charge is 2.16. The molecule has 1 amide bonds. The van der Waals surface area contributed by atoms with Crippen LogP contribution in [0.1, 0.15) is 34.8 Å². The van der Waals surface area contributed by atoms with Crippen LogP contribution in [0.5, 0.6) is 0 Å². The van der Waals surface area contributed by atoms with Gasteiger partial charge in [-0.3, -0.25) is 9.89 Å². The smallest absolute Gasteiger partial charge is 0.257 e. The molecule has 5 heteroatoms. The molecule has 0 saturated heterocycles. The van der Waals surface area contributed by atoms with E-state index in [9.17, 15) is 4.79 Å². The van der Waals surface area contributed by atoms with E-state index in [0.717, 1.165) is 12.0 Å². The lowest BCUT2D eigenvalue weighted by molar-refractivity contribution is 0.0743. The van der Waals surface area contributed by atoms with Crippen molar-refractivity contribution in [2.75, 3.05) is 6.54 Å². The number of carbonyl (C=O) groups excluding carboxylic acids is 1. The number of aromatic nitrogens is 2. The van der Waals surface area contributed by atoms with Gasteiger partial charge in [0.1, 0.15) is 0 Å². The standard InChI is InChI=1S/C15H16N4O/c1-2-7-19(15(20)14-9-17-18-10-14)11-13-5-3-12(8-16)4-6-13/h3-6,9-10H,2,7,11H2,1H3,(H,17,18). The summed E-state index contributed by atoms with van der Waals surface area (Å²) >= 11 is 0. The Bertz CT molecular complexity index is 596. The van der Waals surface area contributed by atoms with E-state index in [1.54, 1.807) is 23.2 Å². The van der Waals surface area contributed by atoms with Gasteiger partial charge in [-0.1, -0.05) is 19.1 Å². The van der Waals surface area contributed by atoms with Crippen molar-refractivity contribution in [1.82, 2.24) is 15.1 Å². The maximum atomic E-state index is 12.3. The van der Waals surface area contributed by atoms with Crippen LogP contribution in [0.2, 0.25) is 0 Å². The predicted octanol–water partition coefficient (Wildman–Crippen LogP) is 2.33. The average molecular weight is 268 g/mol. The number of rotatable bonds is 5. The Morgan fingerprint density at radius 2 is 2.15 bits per heavy atom. The van der Waals surface area contributed by atoms with Crippen LogP contribution in [-0.2, 0) is 6.54 Å². The summed E-state index contributed by atoms with van der Waals surface area (Å²) in [7, 11) is 0. The summed E-state index contributed by atoms with van der Waals surface area (Å²) < 4.78 is 0. The van der Waals surface area contributed by atoms with Crippen molar-refractivity contribution >= 4 is 5.91 Å². The fourth-order valence-electron chi connectivity index (χ4n) is 1.98. The van der Waals surface area contributed by atoms with Gasteiger partial charge < -0.3 is 4.90 Å². The summed E-state index contributed by atoms with van der Waals surface area (Å²) in [6.45, 7) is 3.25. The number of nitrogens with one attached hydrogen (secondary N) is 1. The molecule has 0 fully saturated rings. The van der Waals surface area contributed by atoms with Crippen LogP contribution in [0, 0.1) is 11.3 Å². The lowest BCUT2D eigenvalue weighted by atomic mass is 10.1. The molecule has 20 heavy (non-hydrogen) atoms. The summed E-state index contributed by atoms with van der Waals surface area (Å²) in [6.07, 6.45) is 4.02. The zero-order valence-electron chi connectivity index (χ0n) is 11.3. The van der Waals surface area contributed by atoms with E-state index in [1.807, 2.05) is 19.1 Å². The second-order valence-corrected chi connectivity index (χ2v) is 4.52. The molecule has 2 aromatic rings. The Morgan fingerprint density at radius 1 is 1.40 bits per heavy atom. The van der Waals surface area contributed by atoms with Gasteiger partial charge in [0, 0.05) is 19.3 Å². The van der Waals surface area contributed by atoms with Crippen molar-refractivity contribution in [1.29, 1.82) is 5.26 Å². The number of H-pyrrole nitrogens is 1. The Hall–Kier alpha value is -2.61. The van der Waals surface area contributed by atoms with E-state index < -0.39 is 0 Å². The lowest BCUT2D eigenvalue weighted by Crippen LogP contribution is -2.31. The highest BCUT2D eigenvalue weighted by molar-refractivity contribution is 5.93. The van der Waals surface area contributed by atoms with Crippen molar-refractivity contribution in [2.24, 2.45) is 0 Å². The molecule has 0 saturated carbocycles. The van der Waals surface area contributed by atoms with Gasteiger partial charge in [-0.25, -0.2) is 0 Å². The van der Waals surface area contributed by atoms with E-state index in [4.69, 9.17) is 5.26 Å². The van der Waals surface area contributed by atoms with Crippen molar-refractivity contribution in [3.8, 4) is 6.07 Å². The molecule has 1 aromatic heterocycles. The van der Waals surface area contributed by atoms with Gasteiger partial charge in [-0.15, -0.1) is 0 Å². The minimum Gasteiger partial charge on any atom is -0.334 e. The van der Waals surface area contributed by atoms with Crippen LogP contribution < -0.4 is 0 Å². The highest BCUT2D eigenvalue weighted by Crippen LogP contribution is 2.11. The Morgan fingerprint density at radius 3 is 2.70 bits per heavy atom. The van der Waals surface area contributed by atoms with Crippen LogP contribution in [0.25, 0.3) is 0 Å². The maximum Gasteiger partial charge on any atom is 0.257 e. The molecular formula is C15H16N4O. The zero-order valence-corrected chi connectivity index (χ0v) is 11.3. The third-order valence-electron chi connectivity index (χ3n) is 2.98. The van der Waals surface area contributed by atoms with Gasteiger partial charge in [0.25, 0.3) is 5.91 Å². The first kappa shape index (κ1) is 13.8. The van der Waals surface area contributed by atoms with Crippen molar-refractivity contribution in [2.45, 2.75) is 19.9 Å². The normalized spacial score (nSPS) is 10.0. The predicted molar refractivity (Wildman–Crippen MR) is 74.8 cm³/mol. The summed E-state index contributed by atoms with van der Waals surface area (Å²) in [5.74, 6) is -0.0371. The van der Waals surface area contributed by atoms with Crippen LogP contribution in [-0.4, -0.2) is 27.5 Å². The number of carbonyl (C=O) groups is 1. The summed E-state index contributed by atoms with van der Waals surface area (Å²) in [4.78, 5) is 14.1. The molecule has 0 aliphatic carbocycles. The zero-order chi connectivity index (χ0) is 14.4. The van der Waals surface area contributed by atoms with Gasteiger partial charge in [0.2, 0.25) is 0 Å². The third kappa shape index (κ3) is 3.23. The number of amides is 1. The van der Waals surface area contributed by atoms with Gasteiger partial charge in [-0.05, 0) is 24.1 Å². The molecule has 1 aromatic carbocycles. The molecule has 0 aliphatic rings. The summed E-state index contributed by atoms with van der Waals surface area (Å²) in [5, 5.41) is 15.2. The van der Waals surface area contributed by atoms with Crippen LogP contribution in [0.4, 0.5) is 0 Å². The highest BCUT2D eigenvalue weighted by atomic mass is 16.2. The van der Waals surface area contributed by atoms with Gasteiger partial charge >= 0.3 is 0 Å². The second-order valence-electron chi connectivity index (χ2n) is 4.52. The Kier molecular flexibility index (Phi) is 4.51. The van der Waals surface area contributed by atoms with Crippen LogP contribution in [0.3, 0.4) is 0 Å². The van der Waals surface area contributed by atoms with E-state index in [1.165, 1.54) is 6.20 Å². The van der Waals surface area contributed by atoms with Crippen LogP contribution in [0.15, 0.2) is 36.7 Å². The largest absolute Gasteiger partial charge is 0.334 e. The second kappa shape index (κ2) is 6.53. The number of nitriles is 1. The first-order valence-corrected chi connectivity index (χ1v) is 6.51. The Balaban J connectivity index is 2.12. The number of nitrogens with zero attached hydrogens (tertiary/aromatic N) is 3. The molecular weight excluding hydrogens is 252 g/mol. The molecule has 2 rings (SSSR count). The van der Waals surface area contributed by atoms with Gasteiger partial charge in [-0.2, -0.15) is 10.4 Å². The van der Waals surface area contributed by atoms with Crippen molar-refractivity contribution in [3.63, 3.8) is 0 Å². The molecule has 0 radical (unpaired) electrons. The molecule has 102 valence electrons. The van der Waals surface area contributed by atoms with Gasteiger partial charge in [0.05, 0.1) is 23.4 Å². The van der Waals surface area contributed by atoms with Gasteiger partial charge in [0.15, 0.2) is 0 Å². The maximum absolute atomic E-state index is 12.3. The minimum atomic E-state index is -0.0371. The topological polar surface area (TPSA) is 72.8 Å². The summed E-state index contributed by atoms with van der Waals surface area (Å²) in [6, 6.07) is 9.37. The average Bonchev–Trinajstić information content (AvgIpc) is 3.01. The van der Waals surface area contributed by atoms with Crippen molar-refractivity contribution in [3.05, 3.63) is 53.3 Å². The van der Waals surface area contributed by atoms with Crippen LogP contribution >= 0.6 is 0 Å². The molecule has 0 spiro atoms. The number of hydrogen-bond acceptors (Lipinski definition) is 3. The van der Waals surface area contributed by atoms with E-state index in [-0.39, 0.29) is 5.91 Å². The van der Waals surface area contributed by atoms with E-state index in [0.29, 0.717) is 24.2 Å². The molecule has 1 heterocycles. The number of benzene rings is 1. The van der Waals surface area contributed by atoms with Crippen molar-refractivity contribution < 1.29 is 4.79 Å². The molecule has 0 aliphatic heterocycles. The third-order valence-corrected chi connectivity index (χ3v) is 2.98. The van der Waals surface area contributed by atoms with E-state index in [2.05, 4.69) is 16.3 Å². The number of hydrogen-bond donors (Lipinski definition) is 1. The monoisotopic (exact) mass is 268 g/mol. The molecule has 0 unspecified atom stereocenters. The fourth-order valence-corrected chi connectivity index (χ4v) is 1.98. The molecule has 5 nitrogen and oxygen atoms in total. The SMILES string of the molecule is CCCN(Cc1ccc(C#N)cc1)C(=O)c1cn[nH]c1. The first-order chi connectivity index (χ1) is 9.74. The molecule has 0 atom stereocenters. The summed E-state index contributed by atoms with van der Waals surface area (Å²) in [5.41, 5.74) is 2.19. The molecule has 1 N–H and O–H groups in total. The lowest BCUT2D eigenvalue weighted by Gasteiger charge is -2.21. The fraction of sp³-hybridized carbons (Fsp3) is 0.267. The minimum absolute atomic E-state index is 0.0371. The number of aromatic amines is 1. The quantitative estimate of drug-likeness (QED) is 0.904.